The van der Waals surface area contributed by atoms with Crippen molar-refractivity contribution in [1.29, 1.82) is 0 Å². The minimum Gasteiger partial charge on any atom is -0.394 e. The Morgan fingerprint density at radius 2 is 0.786 bits per heavy atom. The molecule has 2 aromatic carbocycles. The van der Waals surface area contributed by atoms with Crippen LogP contribution in [-0.2, 0) is 9.59 Å². The number of aliphatic hydroxyl groups is 8. The summed E-state index contributed by atoms with van der Waals surface area (Å²) in [5, 5.41) is 86.0. The number of nitrogens with one attached hydrogen (secondary N) is 2. The van der Waals surface area contributed by atoms with Crippen LogP contribution in [0, 0.1) is 21.4 Å². The van der Waals surface area contributed by atoms with Gasteiger partial charge in [-0.3, -0.25) is 28.8 Å². The molecule has 0 aliphatic rings. The summed E-state index contributed by atoms with van der Waals surface area (Å²) < 4.78 is 0.420. The van der Waals surface area contributed by atoms with E-state index in [1.807, 2.05) is 0 Å². The van der Waals surface area contributed by atoms with E-state index in [4.69, 9.17) is 11.5 Å². The number of hydrogen-bond acceptors (Lipinski definition) is 14. The molecule has 20 nitrogen and oxygen atoms in total. The van der Waals surface area contributed by atoms with Gasteiger partial charge in [-0.15, -0.1) is 0 Å². The van der Waals surface area contributed by atoms with E-state index in [-0.39, 0.29) is 55.0 Å². The van der Waals surface area contributed by atoms with Crippen LogP contribution in [0.5, 0.6) is 0 Å². The molecule has 0 heterocycles. The van der Waals surface area contributed by atoms with Gasteiger partial charge in [0.2, 0.25) is 11.8 Å². The molecule has 0 aliphatic heterocycles. The van der Waals surface area contributed by atoms with Crippen LogP contribution in [0.3, 0.4) is 0 Å². The van der Waals surface area contributed by atoms with Crippen LogP contribution < -0.4 is 22.1 Å². The first-order chi connectivity index (χ1) is 26.1. The van der Waals surface area contributed by atoms with E-state index in [0.29, 0.717) is 0 Å². The van der Waals surface area contributed by atoms with Crippen LogP contribution >= 0.6 is 136 Å². The smallest absolute Gasteiger partial charge is 0.256 e. The first kappa shape index (κ1) is 51.5. The Kier molecular flexibility index (Phi) is 21.5. The zero-order valence-corrected chi connectivity index (χ0v) is 41.3. The highest BCUT2D eigenvalue weighted by atomic mass is 127. The van der Waals surface area contributed by atoms with Crippen LogP contribution in [-0.4, -0.2) is 163 Å². The molecule has 6 amide bonds. The Hall–Kier alpha value is -0.680. The van der Waals surface area contributed by atoms with Crippen molar-refractivity contribution in [3.63, 3.8) is 0 Å². The van der Waals surface area contributed by atoms with Gasteiger partial charge < -0.3 is 72.8 Å². The topological polar surface area (TPSA) is 347 Å². The molecule has 2 rings (SSSR count). The number of hydrogen-bond donors (Lipinski definition) is 12. The summed E-state index contributed by atoms with van der Waals surface area (Å²) in [6, 6.07) is 0. The van der Waals surface area contributed by atoms with Crippen molar-refractivity contribution in [3.05, 3.63) is 43.7 Å². The van der Waals surface area contributed by atoms with Crippen LogP contribution in [0.2, 0.25) is 0 Å². The third-order valence-electron chi connectivity index (χ3n) is 7.49. The lowest BCUT2D eigenvalue weighted by atomic mass is 10.0. The van der Waals surface area contributed by atoms with E-state index in [9.17, 15) is 69.6 Å². The Labute approximate surface area is 399 Å². The Bertz CT molecular complexity index is 1740. The van der Waals surface area contributed by atoms with Crippen molar-refractivity contribution in [2.45, 2.75) is 24.4 Å². The molecule has 0 saturated heterocycles. The van der Waals surface area contributed by atoms with Crippen LogP contribution in [0.4, 0.5) is 11.4 Å². The second-order valence-corrected chi connectivity index (χ2v) is 18.0. The number of carbonyl (C=O) groups is 6. The lowest BCUT2D eigenvalue weighted by Gasteiger charge is -2.33. The number of rotatable bonds is 19. The van der Waals surface area contributed by atoms with Gasteiger partial charge in [0.25, 0.3) is 23.6 Å². The van der Waals surface area contributed by atoms with Crippen LogP contribution in [0.25, 0.3) is 0 Å². The van der Waals surface area contributed by atoms with Crippen molar-refractivity contribution in [2.24, 2.45) is 11.5 Å². The molecular weight excluding hydrogens is 1430 g/mol. The third kappa shape index (κ3) is 12.7. The van der Waals surface area contributed by atoms with Crippen molar-refractivity contribution in [1.82, 2.24) is 9.80 Å². The number of anilines is 2. The monoisotopic (exact) mass is 1460 g/mol. The second-order valence-electron chi connectivity index (χ2n) is 11.5. The third-order valence-corrected chi connectivity index (χ3v) is 14.0. The molecule has 4 atom stereocenters. The first-order valence-electron chi connectivity index (χ1n) is 15.4. The van der Waals surface area contributed by atoms with Gasteiger partial charge in [0.05, 0.1) is 85.5 Å². The summed E-state index contributed by atoms with van der Waals surface area (Å²) in [5.74, 6) is -5.70. The quantitative estimate of drug-likeness (QED) is 0.0705. The van der Waals surface area contributed by atoms with Crippen LogP contribution in [0.1, 0.15) is 41.4 Å². The van der Waals surface area contributed by atoms with E-state index < -0.39 is 112 Å². The predicted molar refractivity (Wildman–Crippen MR) is 248 cm³/mol. The summed E-state index contributed by atoms with van der Waals surface area (Å²) in [6.45, 7) is -6.47. The number of nitrogens with zero attached hydrogens (tertiary/aromatic N) is 2. The van der Waals surface area contributed by atoms with E-state index >= 15 is 0 Å². The number of carbonyl (C=O) groups excluding carboxylic acids is 6. The Balaban J connectivity index is 2.67. The molecule has 2 aromatic rings. The standard InChI is InChI=1S/C30H34I6N6O14/c31-19-15(27(37)53)21(33)25(39-13(51)7-45)23(35)17(19)29(55)41(1-9(47)5-43)3-11(49)12(50)4-42(2-10(48)6-44)30(56)18-20(32)16(28(38)54)22(34)26(24(18)36)40-14(52)8-46/h9-12,43-50H,1-8H2,(H2,37,53)(H2,38,54)(H,39,51)(H,40,52)/t9?,10?,11-,12+. The average Bonchev–Trinajstić information content (AvgIpc) is 3.13. The van der Waals surface area contributed by atoms with Crippen molar-refractivity contribution >= 4 is 182 Å². The van der Waals surface area contributed by atoms with Crippen molar-refractivity contribution in [3.8, 4) is 0 Å². The fraction of sp³-hybridized carbons (Fsp3) is 0.400. The molecule has 2 unspecified atom stereocenters. The van der Waals surface area contributed by atoms with Crippen LogP contribution in [0.15, 0.2) is 0 Å². The predicted octanol–water partition coefficient (Wildman–Crippen LogP) is -1.61. The summed E-state index contributed by atoms with van der Waals surface area (Å²) in [7, 11) is 0. The van der Waals surface area contributed by atoms with Gasteiger partial charge in [0, 0.05) is 33.3 Å². The second kappa shape index (κ2) is 23.4. The van der Waals surface area contributed by atoms with Crippen molar-refractivity contribution < 1.29 is 69.6 Å². The van der Waals surface area contributed by atoms with Gasteiger partial charge in [-0.2, -0.15) is 0 Å². The largest absolute Gasteiger partial charge is 0.394 e. The SMILES string of the molecule is NC(=O)c1c(I)c(NC(=O)CO)c(I)c(C(=O)N(CC(O)CO)C[C@@H](O)[C@@H](O)CN(CC(O)CO)C(=O)c2c(I)c(NC(=O)CO)c(I)c(C(N)=O)c2I)c1I. The lowest BCUT2D eigenvalue weighted by Crippen LogP contribution is -2.51. The molecule has 14 N–H and O–H groups in total. The fourth-order valence-corrected chi connectivity index (χ4v) is 13.7. The van der Waals surface area contributed by atoms with Gasteiger partial charge >= 0.3 is 0 Å². The normalized spacial score (nSPS) is 13.3. The summed E-state index contributed by atoms with van der Waals surface area (Å²) in [5.41, 5.74) is 10.3. The van der Waals surface area contributed by atoms with E-state index in [1.165, 1.54) is 0 Å². The molecule has 0 fully saturated rings. The number of primary amides is 2. The molecule has 0 bridgehead atoms. The number of amides is 6. The van der Waals surface area contributed by atoms with Gasteiger partial charge in [-0.1, -0.05) is 0 Å². The molecular formula is C30H34I6N6O14. The first-order valence-corrected chi connectivity index (χ1v) is 21.9. The minimum absolute atomic E-state index is 0.00999. The van der Waals surface area contributed by atoms with Crippen molar-refractivity contribution in [2.75, 3.05) is 63.2 Å². The molecule has 0 aromatic heterocycles. The molecule has 0 radical (unpaired) electrons. The molecule has 0 aliphatic carbocycles. The Morgan fingerprint density at radius 3 is 1.04 bits per heavy atom. The maximum absolute atomic E-state index is 14.2. The van der Waals surface area contributed by atoms with Gasteiger partial charge in [0.1, 0.15) is 13.2 Å². The van der Waals surface area contributed by atoms with E-state index in [1.54, 1.807) is 136 Å². The number of halogens is 6. The van der Waals surface area contributed by atoms with E-state index in [0.717, 1.165) is 9.80 Å². The number of benzene rings is 2. The highest BCUT2D eigenvalue weighted by molar-refractivity contribution is 14.1. The summed E-state index contributed by atoms with van der Waals surface area (Å²) in [6.07, 6.45) is -7.06. The molecule has 26 heteroatoms. The maximum Gasteiger partial charge on any atom is 0.256 e. The molecule has 56 heavy (non-hydrogen) atoms. The molecule has 310 valence electrons. The summed E-state index contributed by atoms with van der Waals surface area (Å²) in [4.78, 5) is 79.4. The lowest BCUT2D eigenvalue weighted by molar-refractivity contribution is -0.119. The molecule has 0 spiro atoms. The van der Waals surface area contributed by atoms with E-state index in [2.05, 4.69) is 10.6 Å². The minimum atomic E-state index is -1.94. The van der Waals surface area contributed by atoms with Gasteiger partial charge in [-0.05, 0) is 136 Å². The van der Waals surface area contributed by atoms with Gasteiger partial charge in [0.15, 0.2) is 0 Å². The Morgan fingerprint density at radius 1 is 0.500 bits per heavy atom. The fourth-order valence-electron chi connectivity index (χ4n) is 4.83. The average molecular weight is 1460 g/mol. The zero-order chi connectivity index (χ0) is 42.9. The number of aliphatic hydroxyl groups excluding tert-OH is 8. The number of nitrogens with two attached hydrogens (primary N) is 2. The molecule has 0 saturated carbocycles. The van der Waals surface area contributed by atoms with Gasteiger partial charge in [-0.25, -0.2) is 0 Å². The summed E-state index contributed by atoms with van der Waals surface area (Å²) >= 11 is 10.2. The maximum atomic E-state index is 14.2. The zero-order valence-electron chi connectivity index (χ0n) is 28.3. The highest BCUT2D eigenvalue weighted by Crippen LogP contribution is 2.38. The highest BCUT2D eigenvalue weighted by Gasteiger charge is 2.35.